The summed E-state index contributed by atoms with van der Waals surface area (Å²) in [6.45, 7) is 1.22. The molecule has 1 saturated heterocycles. The van der Waals surface area contributed by atoms with Crippen molar-refractivity contribution in [1.82, 2.24) is 4.90 Å². The normalized spacial score (nSPS) is 40.9. The Labute approximate surface area is 109 Å². The van der Waals surface area contributed by atoms with Crippen LogP contribution in [-0.2, 0) is 4.79 Å². The van der Waals surface area contributed by atoms with Gasteiger partial charge in [-0.2, -0.15) is 0 Å². The third kappa shape index (κ3) is 1.70. The Bertz CT molecular complexity index is 371. The molecular formula is C15H23NO2. The van der Waals surface area contributed by atoms with E-state index in [-0.39, 0.29) is 0 Å². The predicted molar refractivity (Wildman–Crippen MR) is 67.8 cm³/mol. The summed E-state index contributed by atoms with van der Waals surface area (Å²) >= 11 is 0. The van der Waals surface area contributed by atoms with Gasteiger partial charge in [-0.15, -0.1) is 0 Å². The molecule has 1 amide bonds. The van der Waals surface area contributed by atoms with Crippen molar-refractivity contribution in [2.24, 2.45) is 23.7 Å². The molecule has 0 aromatic rings. The van der Waals surface area contributed by atoms with Gasteiger partial charge in [0, 0.05) is 6.42 Å². The fourth-order valence-electron chi connectivity index (χ4n) is 4.65. The highest BCUT2D eigenvalue weighted by atomic mass is 16.3. The average molecular weight is 249 g/mol. The molecule has 0 aromatic carbocycles. The zero-order chi connectivity index (χ0) is 12.3. The fraction of sp³-hybridized carbons (Fsp3) is 0.933. The van der Waals surface area contributed by atoms with E-state index in [0.29, 0.717) is 30.8 Å². The predicted octanol–water partition coefficient (Wildman–Crippen LogP) is 1.80. The smallest absolute Gasteiger partial charge is 0.223 e. The van der Waals surface area contributed by atoms with E-state index in [1.165, 1.54) is 25.7 Å². The van der Waals surface area contributed by atoms with E-state index in [1.807, 2.05) is 4.90 Å². The van der Waals surface area contributed by atoms with Crippen molar-refractivity contribution in [1.29, 1.82) is 0 Å². The lowest BCUT2D eigenvalue weighted by Gasteiger charge is -2.47. The molecule has 3 nitrogen and oxygen atoms in total. The minimum absolute atomic E-state index is 0.304. The number of fused-ring (bicyclic) bond motifs is 2. The Morgan fingerprint density at radius 1 is 1.17 bits per heavy atom. The first-order valence-electron chi connectivity index (χ1n) is 7.64. The first kappa shape index (κ1) is 11.3. The van der Waals surface area contributed by atoms with Gasteiger partial charge in [-0.25, -0.2) is 0 Å². The monoisotopic (exact) mass is 249 g/mol. The molecule has 4 aliphatic rings. The van der Waals surface area contributed by atoms with Gasteiger partial charge in [0.2, 0.25) is 5.91 Å². The van der Waals surface area contributed by atoms with Crippen molar-refractivity contribution in [3.05, 3.63) is 0 Å². The molecule has 1 heterocycles. The van der Waals surface area contributed by atoms with E-state index in [2.05, 4.69) is 0 Å². The van der Waals surface area contributed by atoms with Gasteiger partial charge in [0.1, 0.15) is 5.60 Å². The maximum Gasteiger partial charge on any atom is 0.223 e. The van der Waals surface area contributed by atoms with E-state index in [4.69, 9.17) is 0 Å². The van der Waals surface area contributed by atoms with Gasteiger partial charge in [0.25, 0.3) is 0 Å². The number of hydrogen-bond acceptors (Lipinski definition) is 2. The Morgan fingerprint density at radius 2 is 1.94 bits per heavy atom. The number of carbonyl (C=O) groups excluding carboxylic acids is 1. The van der Waals surface area contributed by atoms with Crippen LogP contribution in [0.1, 0.15) is 44.9 Å². The van der Waals surface area contributed by atoms with Gasteiger partial charge in [0.15, 0.2) is 0 Å². The quantitative estimate of drug-likeness (QED) is 0.828. The minimum atomic E-state index is -0.510. The second-order valence-electron chi connectivity index (χ2n) is 7.27. The summed E-state index contributed by atoms with van der Waals surface area (Å²) in [4.78, 5) is 14.1. The summed E-state index contributed by atoms with van der Waals surface area (Å²) in [5.74, 6) is 3.21. The minimum Gasteiger partial charge on any atom is -0.386 e. The number of hydrogen-bond donors (Lipinski definition) is 1. The highest BCUT2D eigenvalue weighted by Gasteiger charge is 2.53. The number of aliphatic hydroxyl groups is 1. The summed E-state index contributed by atoms with van der Waals surface area (Å²) in [5.41, 5.74) is -0.510. The molecule has 3 heteroatoms. The highest BCUT2D eigenvalue weighted by Crippen LogP contribution is 2.50. The van der Waals surface area contributed by atoms with Crippen LogP contribution in [0.2, 0.25) is 0 Å². The number of nitrogens with zero attached hydrogens (tertiary/aromatic N) is 1. The van der Waals surface area contributed by atoms with Gasteiger partial charge in [-0.3, -0.25) is 4.79 Å². The first-order chi connectivity index (χ1) is 8.64. The van der Waals surface area contributed by atoms with E-state index >= 15 is 0 Å². The number of likely N-dealkylation sites (tertiary alicyclic amines) is 1. The second kappa shape index (κ2) is 3.72. The summed E-state index contributed by atoms with van der Waals surface area (Å²) in [5, 5.41) is 10.2. The van der Waals surface area contributed by atoms with Gasteiger partial charge in [0.05, 0.1) is 13.1 Å². The Morgan fingerprint density at radius 3 is 2.50 bits per heavy atom. The maximum absolute atomic E-state index is 12.2. The van der Waals surface area contributed by atoms with Crippen molar-refractivity contribution in [2.75, 3.05) is 13.1 Å². The van der Waals surface area contributed by atoms with Crippen LogP contribution < -0.4 is 0 Å². The lowest BCUT2D eigenvalue weighted by molar-refractivity contribution is -0.160. The van der Waals surface area contributed by atoms with Gasteiger partial charge in [-0.05, 0) is 55.8 Å². The van der Waals surface area contributed by atoms with E-state index < -0.39 is 5.60 Å². The molecule has 0 radical (unpaired) electrons. The van der Waals surface area contributed by atoms with Crippen LogP contribution in [0.5, 0.6) is 0 Å². The van der Waals surface area contributed by atoms with Crippen LogP contribution in [0.15, 0.2) is 0 Å². The molecular weight excluding hydrogens is 226 g/mol. The van der Waals surface area contributed by atoms with E-state index in [1.54, 1.807) is 0 Å². The molecule has 3 atom stereocenters. The van der Waals surface area contributed by atoms with Crippen LogP contribution in [0, 0.1) is 23.7 Å². The van der Waals surface area contributed by atoms with Gasteiger partial charge in [-0.1, -0.05) is 6.42 Å². The molecule has 1 aliphatic heterocycles. The molecule has 1 N–H and O–H groups in total. The molecule has 100 valence electrons. The number of β-amino-alcohol motifs (C(OH)–C–C–N with tert-alkyl or cyclic N) is 1. The number of carbonyl (C=O) groups is 1. The molecule has 4 fully saturated rings. The molecule has 18 heavy (non-hydrogen) atoms. The standard InChI is InChI=1S/C15H23NO2/c17-14(7-12-6-10-1-2-11(12)5-10)16-8-15(18,9-16)13-3-4-13/h10-13,18H,1-9H2. The van der Waals surface area contributed by atoms with E-state index in [9.17, 15) is 9.90 Å². The Kier molecular flexibility index (Phi) is 2.33. The van der Waals surface area contributed by atoms with Crippen LogP contribution >= 0.6 is 0 Å². The SMILES string of the molecule is O=C(CC1CC2CCC1C2)N1CC(O)(C2CC2)C1. The zero-order valence-electron chi connectivity index (χ0n) is 11.0. The summed E-state index contributed by atoms with van der Waals surface area (Å²) in [6.07, 6.45) is 8.49. The van der Waals surface area contributed by atoms with Crippen molar-refractivity contribution >= 4 is 5.91 Å². The average Bonchev–Trinajstić information content (AvgIpc) is 2.97. The Balaban J connectivity index is 1.30. The summed E-state index contributed by atoms with van der Waals surface area (Å²) in [6, 6.07) is 0. The highest BCUT2D eigenvalue weighted by molar-refractivity contribution is 5.77. The third-order valence-electron chi connectivity index (χ3n) is 5.94. The maximum atomic E-state index is 12.2. The fourth-order valence-corrected chi connectivity index (χ4v) is 4.65. The van der Waals surface area contributed by atoms with Crippen LogP contribution in [0.25, 0.3) is 0 Å². The van der Waals surface area contributed by atoms with Crippen LogP contribution in [-0.4, -0.2) is 34.6 Å². The van der Waals surface area contributed by atoms with Gasteiger partial charge < -0.3 is 10.0 Å². The van der Waals surface area contributed by atoms with Crippen molar-refractivity contribution in [3.63, 3.8) is 0 Å². The van der Waals surface area contributed by atoms with Crippen LogP contribution in [0.3, 0.4) is 0 Å². The lowest BCUT2D eigenvalue weighted by Crippen LogP contribution is -2.64. The zero-order valence-corrected chi connectivity index (χ0v) is 11.0. The van der Waals surface area contributed by atoms with Crippen molar-refractivity contribution in [2.45, 2.75) is 50.5 Å². The molecule has 3 saturated carbocycles. The number of amides is 1. The lowest BCUT2D eigenvalue weighted by atomic mass is 9.84. The number of rotatable bonds is 3. The summed E-state index contributed by atoms with van der Waals surface area (Å²) < 4.78 is 0. The second-order valence-corrected chi connectivity index (χ2v) is 7.27. The van der Waals surface area contributed by atoms with Crippen LogP contribution in [0.4, 0.5) is 0 Å². The molecule has 0 spiro atoms. The molecule has 0 aromatic heterocycles. The molecule has 2 bridgehead atoms. The molecule has 4 rings (SSSR count). The third-order valence-corrected chi connectivity index (χ3v) is 5.94. The first-order valence-corrected chi connectivity index (χ1v) is 7.64. The molecule has 3 unspecified atom stereocenters. The topological polar surface area (TPSA) is 40.5 Å². The van der Waals surface area contributed by atoms with E-state index in [0.717, 1.165) is 31.1 Å². The Hall–Kier alpha value is -0.570. The van der Waals surface area contributed by atoms with Gasteiger partial charge >= 0.3 is 0 Å². The molecule has 3 aliphatic carbocycles. The summed E-state index contributed by atoms with van der Waals surface area (Å²) in [7, 11) is 0. The van der Waals surface area contributed by atoms with Crippen molar-refractivity contribution < 1.29 is 9.90 Å². The van der Waals surface area contributed by atoms with Crippen molar-refractivity contribution in [3.8, 4) is 0 Å². The largest absolute Gasteiger partial charge is 0.386 e.